The zero-order valence-electron chi connectivity index (χ0n) is 16.1. The summed E-state index contributed by atoms with van der Waals surface area (Å²) < 4.78 is 4.15. The number of hydrogen-bond acceptors (Lipinski definition) is 5. The third-order valence-electron chi connectivity index (χ3n) is 5.08. The molecule has 11 heteroatoms. The zero-order chi connectivity index (χ0) is 21.0. The first-order valence-electron chi connectivity index (χ1n) is 9.13. The van der Waals surface area contributed by atoms with Crippen LogP contribution in [0.2, 0.25) is 5.02 Å². The van der Waals surface area contributed by atoms with Crippen molar-refractivity contribution in [2.45, 2.75) is 6.54 Å². The SMILES string of the molecule is Cn1c(Nc2ncc[nH]2)nc2c1c(=O)n(Cc1cc3c(Cl)cccc3[nH]1)c(=O)n2C. The molecule has 5 rings (SSSR count). The van der Waals surface area contributed by atoms with E-state index >= 15 is 0 Å². The number of imidazole rings is 2. The number of anilines is 2. The van der Waals surface area contributed by atoms with Crippen molar-refractivity contribution in [3.63, 3.8) is 0 Å². The van der Waals surface area contributed by atoms with E-state index in [1.165, 1.54) is 9.13 Å². The lowest BCUT2D eigenvalue weighted by atomic mass is 10.2. The normalized spacial score (nSPS) is 11.6. The van der Waals surface area contributed by atoms with Gasteiger partial charge in [0.1, 0.15) is 0 Å². The third kappa shape index (κ3) is 2.72. The molecule has 0 saturated carbocycles. The smallest absolute Gasteiger partial charge is 0.332 e. The Kier molecular flexibility index (Phi) is 4.03. The Balaban J connectivity index is 1.65. The summed E-state index contributed by atoms with van der Waals surface area (Å²) in [6.45, 7) is 0.0819. The number of rotatable bonds is 4. The highest BCUT2D eigenvalue weighted by atomic mass is 35.5. The maximum atomic E-state index is 13.2. The van der Waals surface area contributed by atoms with Gasteiger partial charge in [0.2, 0.25) is 11.9 Å². The van der Waals surface area contributed by atoms with E-state index in [1.54, 1.807) is 37.1 Å². The maximum Gasteiger partial charge on any atom is 0.332 e. The van der Waals surface area contributed by atoms with Gasteiger partial charge in [-0.25, -0.2) is 9.78 Å². The first-order chi connectivity index (χ1) is 14.4. The van der Waals surface area contributed by atoms with E-state index in [9.17, 15) is 9.59 Å². The molecule has 5 aromatic rings. The quantitative estimate of drug-likeness (QED) is 0.408. The molecular weight excluding hydrogens is 408 g/mol. The van der Waals surface area contributed by atoms with Gasteiger partial charge < -0.3 is 14.5 Å². The number of benzene rings is 1. The van der Waals surface area contributed by atoms with Gasteiger partial charge in [0.15, 0.2) is 11.2 Å². The summed E-state index contributed by atoms with van der Waals surface area (Å²) >= 11 is 6.24. The molecule has 152 valence electrons. The molecule has 0 atom stereocenters. The summed E-state index contributed by atoms with van der Waals surface area (Å²) in [5.41, 5.74) is 1.25. The number of halogens is 1. The second-order valence-electron chi connectivity index (χ2n) is 6.96. The minimum Gasteiger partial charge on any atom is -0.357 e. The summed E-state index contributed by atoms with van der Waals surface area (Å²) in [5, 5.41) is 4.45. The van der Waals surface area contributed by atoms with Crippen LogP contribution < -0.4 is 16.6 Å². The van der Waals surface area contributed by atoms with E-state index in [0.29, 0.717) is 28.1 Å². The molecular formula is C19H17ClN8O2. The molecule has 4 heterocycles. The fourth-order valence-corrected chi connectivity index (χ4v) is 3.79. The number of aromatic amines is 2. The summed E-state index contributed by atoms with van der Waals surface area (Å²) in [5.74, 6) is 0.871. The van der Waals surface area contributed by atoms with Gasteiger partial charge in [-0.05, 0) is 18.2 Å². The highest BCUT2D eigenvalue weighted by Crippen LogP contribution is 2.24. The van der Waals surface area contributed by atoms with Crippen LogP contribution in [-0.2, 0) is 20.6 Å². The molecule has 10 nitrogen and oxygen atoms in total. The lowest BCUT2D eigenvalue weighted by Crippen LogP contribution is -2.39. The fraction of sp³-hybridized carbons (Fsp3) is 0.158. The number of H-pyrrole nitrogens is 2. The molecule has 0 amide bonds. The average molecular weight is 425 g/mol. The second kappa shape index (κ2) is 6.63. The van der Waals surface area contributed by atoms with Crippen molar-refractivity contribution in [3.8, 4) is 0 Å². The van der Waals surface area contributed by atoms with E-state index in [4.69, 9.17) is 11.6 Å². The predicted molar refractivity (Wildman–Crippen MR) is 114 cm³/mol. The topological polar surface area (TPSA) is 118 Å². The Hall–Kier alpha value is -3.79. The van der Waals surface area contributed by atoms with Gasteiger partial charge in [0, 0.05) is 48.1 Å². The minimum atomic E-state index is -0.458. The van der Waals surface area contributed by atoms with Crippen molar-refractivity contribution in [2.24, 2.45) is 14.1 Å². The van der Waals surface area contributed by atoms with Crippen LogP contribution in [0.5, 0.6) is 0 Å². The molecule has 0 unspecified atom stereocenters. The fourth-order valence-electron chi connectivity index (χ4n) is 3.57. The monoisotopic (exact) mass is 424 g/mol. The number of fused-ring (bicyclic) bond motifs is 2. The van der Waals surface area contributed by atoms with Gasteiger partial charge in [-0.15, -0.1) is 0 Å². The third-order valence-corrected chi connectivity index (χ3v) is 5.41. The van der Waals surface area contributed by atoms with E-state index in [2.05, 4.69) is 25.3 Å². The summed E-state index contributed by atoms with van der Waals surface area (Å²) in [7, 11) is 3.30. The molecule has 3 N–H and O–H groups in total. The van der Waals surface area contributed by atoms with E-state index in [0.717, 1.165) is 10.9 Å². The highest BCUT2D eigenvalue weighted by Gasteiger charge is 2.19. The molecule has 0 aliphatic heterocycles. The van der Waals surface area contributed by atoms with Crippen LogP contribution in [0.1, 0.15) is 5.69 Å². The van der Waals surface area contributed by atoms with E-state index in [-0.39, 0.29) is 12.2 Å². The van der Waals surface area contributed by atoms with Crippen molar-refractivity contribution in [1.82, 2.24) is 33.6 Å². The van der Waals surface area contributed by atoms with E-state index in [1.807, 2.05) is 18.2 Å². The number of nitrogens with one attached hydrogen (secondary N) is 3. The Morgan fingerprint density at radius 1 is 1.20 bits per heavy atom. The van der Waals surface area contributed by atoms with Gasteiger partial charge in [0.25, 0.3) is 5.56 Å². The van der Waals surface area contributed by atoms with Crippen LogP contribution in [-0.4, -0.2) is 33.6 Å². The Labute approximate surface area is 173 Å². The molecule has 0 saturated heterocycles. The van der Waals surface area contributed by atoms with Gasteiger partial charge in [-0.2, -0.15) is 4.98 Å². The molecule has 30 heavy (non-hydrogen) atoms. The van der Waals surface area contributed by atoms with Crippen LogP contribution in [0.4, 0.5) is 11.9 Å². The maximum absolute atomic E-state index is 13.2. The lowest BCUT2D eigenvalue weighted by Gasteiger charge is -2.07. The standard InChI is InChI=1S/C19H17ClN8O2/c1-26-14-15(24-18(26)25-17-21-6-7-22-17)27(2)19(30)28(16(14)29)9-10-8-11-12(20)4-3-5-13(11)23-10/h3-8,23H,9H2,1-2H3,(H2,21,22,24,25). The van der Waals surface area contributed by atoms with Crippen LogP contribution in [0, 0.1) is 0 Å². The van der Waals surface area contributed by atoms with E-state index < -0.39 is 11.2 Å². The Bertz CT molecular complexity index is 1520. The van der Waals surface area contributed by atoms with Crippen LogP contribution in [0.25, 0.3) is 22.1 Å². The number of aryl methyl sites for hydroxylation is 2. The largest absolute Gasteiger partial charge is 0.357 e. The van der Waals surface area contributed by atoms with Crippen molar-refractivity contribution < 1.29 is 0 Å². The van der Waals surface area contributed by atoms with Gasteiger partial charge >= 0.3 is 5.69 Å². The highest BCUT2D eigenvalue weighted by molar-refractivity contribution is 6.35. The first kappa shape index (κ1) is 18.3. The van der Waals surface area contributed by atoms with Gasteiger partial charge in [-0.1, -0.05) is 17.7 Å². The number of hydrogen-bond donors (Lipinski definition) is 3. The second-order valence-corrected chi connectivity index (χ2v) is 7.37. The number of aromatic nitrogens is 7. The molecule has 1 aromatic carbocycles. The van der Waals surface area contributed by atoms with Crippen molar-refractivity contribution >= 4 is 45.6 Å². The van der Waals surface area contributed by atoms with Crippen LogP contribution in [0.3, 0.4) is 0 Å². The summed E-state index contributed by atoms with van der Waals surface area (Å²) in [4.78, 5) is 40.8. The first-order valence-corrected chi connectivity index (χ1v) is 9.50. The Morgan fingerprint density at radius 2 is 2.03 bits per heavy atom. The van der Waals surface area contributed by atoms with Crippen LogP contribution >= 0.6 is 11.6 Å². The molecule has 0 aliphatic carbocycles. The number of nitrogens with zero attached hydrogens (tertiary/aromatic N) is 5. The van der Waals surface area contributed by atoms with Crippen LogP contribution in [0.15, 0.2) is 46.2 Å². The Morgan fingerprint density at radius 3 is 2.77 bits per heavy atom. The van der Waals surface area contributed by atoms with Gasteiger partial charge in [0.05, 0.1) is 6.54 Å². The summed E-state index contributed by atoms with van der Waals surface area (Å²) in [6.07, 6.45) is 3.26. The zero-order valence-corrected chi connectivity index (χ0v) is 16.9. The van der Waals surface area contributed by atoms with Gasteiger partial charge in [-0.3, -0.25) is 19.2 Å². The predicted octanol–water partition coefficient (Wildman–Crippen LogP) is 2.08. The van der Waals surface area contributed by atoms with Crippen molar-refractivity contribution in [3.05, 3.63) is 68.2 Å². The summed E-state index contributed by atoms with van der Waals surface area (Å²) in [6, 6.07) is 7.37. The molecule has 0 radical (unpaired) electrons. The van der Waals surface area contributed by atoms with Crippen molar-refractivity contribution in [2.75, 3.05) is 5.32 Å². The molecule has 0 aliphatic rings. The molecule has 4 aromatic heterocycles. The molecule has 0 bridgehead atoms. The van der Waals surface area contributed by atoms with Crippen molar-refractivity contribution in [1.29, 1.82) is 0 Å². The molecule has 0 spiro atoms. The average Bonchev–Trinajstić information content (AvgIpc) is 3.44. The lowest BCUT2D eigenvalue weighted by molar-refractivity contribution is 0.648. The minimum absolute atomic E-state index is 0.0819. The molecule has 0 fully saturated rings.